The van der Waals surface area contributed by atoms with E-state index in [-0.39, 0.29) is 12.5 Å². The molecule has 0 aromatic heterocycles. The Balaban J connectivity index is 2.74. The molecule has 112 valence electrons. The van der Waals surface area contributed by atoms with Crippen molar-refractivity contribution < 1.29 is 19.5 Å². The second-order valence-corrected chi connectivity index (χ2v) is 4.47. The number of carboxylic acid groups (broad SMARTS) is 1. The van der Waals surface area contributed by atoms with Gasteiger partial charge in [0.15, 0.2) is 0 Å². The van der Waals surface area contributed by atoms with Crippen LogP contribution in [0.3, 0.4) is 0 Å². The lowest BCUT2D eigenvalue weighted by Gasteiger charge is -2.17. The number of aliphatic carboxylic acids is 1. The molecule has 0 unspecified atom stereocenters. The zero-order valence-electron chi connectivity index (χ0n) is 11.8. The number of benzene rings is 1. The van der Waals surface area contributed by atoms with E-state index in [1.807, 2.05) is 6.92 Å². The van der Waals surface area contributed by atoms with Gasteiger partial charge < -0.3 is 15.7 Å². The third kappa shape index (κ3) is 5.48. The van der Waals surface area contributed by atoms with Crippen molar-refractivity contribution in [3.63, 3.8) is 0 Å². The molecule has 0 aliphatic heterocycles. The summed E-state index contributed by atoms with van der Waals surface area (Å²) in [6.07, 6.45) is 3.57. The lowest BCUT2D eigenvalue weighted by molar-refractivity contribution is -0.142. The van der Waals surface area contributed by atoms with Crippen LogP contribution in [0.2, 0.25) is 0 Å². The fourth-order valence-electron chi connectivity index (χ4n) is 1.73. The summed E-state index contributed by atoms with van der Waals surface area (Å²) in [7, 11) is 0. The molecule has 0 radical (unpaired) electrons. The Morgan fingerprint density at radius 3 is 2.33 bits per heavy atom. The van der Waals surface area contributed by atoms with Gasteiger partial charge in [-0.25, -0.2) is 0 Å². The first-order chi connectivity index (χ1) is 9.93. The second kappa shape index (κ2) is 7.84. The first kappa shape index (κ1) is 16.4. The van der Waals surface area contributed by atoms with Gasteiger partial charge in [-0.1, -0.05) is 19.1 Å². The van der Waals surface area contributed by atoms with E-state index in [2.05, 4.69) is 0 Å². The summed E-state index contributed by atoms with van der Waals surface area (Å²) in [5.74, 6) is -1.92. The summed E-state index contributed by atoms with van der Waals surface area (Å²) < 4.78 is 0. The van der Waals surface area contributed by atoms with Crippen molar-refractivity contribution in [2.45, 2.75) is 13.3 Å². The van der Waals surface area contributed by atoms with Crippen molar-refractivity contribution in [3.05, 3.63) is 41.5 Å². The van der Waals surface area contributed by atoms with Gasteiger partial charge in [-0.15, -0.1) is 0 Å². The number of carboxylic acids is 1. The maximum atomic E-state index is 11.9. The van der Waals surface area contributed by atoms with Crippen LogP contribution in [0.5, 0.6) is 0 Å². The van der Waals surface area contributed by atoms with Crippen LogP contribution in [0.15, 0.2) is 30.3 Å². The molecule has 0 aliphatic carbocycles. The molecule has 21 heavy (non-hydrogen) atoms. The maximum Gasteiger partial charge on any atom is 0.323 e. The van der Waals surface area contributed by atoms with Crippen molar-refractivity contribution in [1.29, 1.82) is 0 Å². The molecule has 6 heteroatoms. The molecule has 0 heterocycles. The topological polar surface area (TPSA) is 101 Å². The van der Waals surface area contributed by atoms with Crippen LogP contribution in [0.25, 0.3) is 6.08 Å². The number of hydrogen-bond donors (Lipinski definition) is 2. The molecule has 6 nitrogen and oxygen atoms in total. The molecule has 0 aliphatic rings. The van der Waals surface area contributed by atoms with E-state index < -0.39 is 11.9 Å². The summed E-state index contributed by atoms with van der Waals surface area (Å²) in [5, 5.41) is 8.77. The number of carbonyl (C=O) groups is 3. The summed E-state index contributed by atoms with van der Waals surface area (Å²) in [5.41, 5.74) is 6.24. The highest BCUT2D eigenvalue weighted by Gasteiger charge is 2.12. The molecule has 1 aromatic carbocycles. The van der Waals surface area contributed by atoms with Crippen LogP contribution in [-0.4, -0.2) is 40.9 Å². The third-order valence-electron chi connectivity index (χ3n) is 2.74. The fourth-order valence-corrected chi connectivity index (χ4v) is 1.73. The summed E-state index contributed by atoms with van der Waals surface area (Å²) >= 11 is 0. The minimum Gasteiger partial charge on any atom is -0.480 e. The second-order valence-electron chi connectivity index (χ2n) is 4.47. The number of rotatable bonds is 7. The van der Waals surface area contributed by atoms with E-state index in [9.17, 15) is 14.4 Å². The van der Waals surface area contributed by atoms with Crippen molar-refractivity contribution in [2.24, 2.45) is 5.73 Å². The molecule has 0 saturated heterocycles. The number of hydrogen-bond acceptors (Lipinski definition) is 3. The summed E-state index contributed by atoms with van der Waals surface area (Å²) in [4.78, 5) is 34.8. The Hall–Kier alpha value is -2.63. The van der Waals surface area contributed by atoms with E-state index in [0.717, 1.165) is 5.56 Å². The van der Waals surface area contributed by atoms with Crippen LogP contribution in [0.1, 0.15) is 29.3 Å². The number of carbonyl (C=O) groups excluding carboxylic acids is 2. The molecule has 1 rings (SSSR count). The quantitative estimate of drug-likeness (QED) is 0.735. The van der Waals surface area contributed by atoms with Crippen molar-refractivity contribution >= 4 is 23.9 Å². The standard InChI is InChI=1S/C15H18N2O4/c1-2-9-17(10-14(19)20)13(18)8-5-11-3-6-12(7-4-11)15(16)21/h3-8H,2,9-10H2,1H3,(H2,16,21)(H,19,20)/b8-5+. The van der Waals surface area contributed by atoms with Gasteiger partial charge in [0.2, 0.25) is 11.8 Å². The van der Waals surface area contributed by atoms with E-state index in [4.69, 9.17) is 10.8 Å². The van der Waals surface area contributed by atoms with E-state index in [0.29, 0.717) is 18.5 Å². The minimum absolute atomic E-state index is 0.322. The van der Waals surface area contributed by atoms with Gasteiger partial charge in [0.05, 0.1) is 0 Å². The van der Waals surface area contributed by atoms with E-state index >= 15 is 0 Å². The molecular weight excluding hydrogens is 272 g/mol. The van der Waals surface area contributed by atoms with Gasteiger partial charge >= 0.3 is 5.97 Å². The summed E-state index contributed by atoms with van der Waals surface area (Å²) in [6, 6.07) is 6.44. The zero-order chi connectivity index (χ0) is 15.8. The van der Waals surface area contributed by atoms with Gasteiger partial charge in [0.25, 0.3) is 0 Å². The zero-order valence-corrected chi connectivity index (χ0v) is 11.8. The Kier molecular flexibility index (Phi) is 6.13. The highest BCUT2D eigenvalue weighted by molar-refractivity contribution is 5.94. The smallest absolute Gasteiger partial charge is 0.323 e. The van der Waals surface area contributed by atoms with E-state index in [1.165, 1.54) is 11.0 Å². The number of amides is 2. The lowest BCUT2D eigenvalue weighted by atomic mass is 10.1. The predicted octanol–water partition coefficient (Wildman–Crippen LogP) is 1.12. The highest BCUT2D eigenvalue weighted by Crippen LogP contribution is 2.06. The first-order valence-corrected chi connectivity index (χ1v) is 6.52. The van der Waals surface area contributed by atoms with Crippen molar-refractivity contribution in [2.75, 3.05) is 13.1 Å². The van der Waals surface area contributed by atoms with Gasteiger partial charge in [0, 0.05) is 18.2 Å². The molecular formula is C15H18N2O4. The van der Waals surface area contributed by atoms with Crippen LogP contribution in [-0.2, 0) is 9.59 Å². The Morgan fingerprint density at radius 2 is 1.86 bits per heavy atom. The van der Waals surface area contributed by atoms with Gasteiger partial charge in [-0.05, 0) is 30.2 Å². The lowest BCUT2D eigenvalue weighted by Crippen LogP contribution is -2.35. The average molecular weight is 290 g/mol. The van der Waals surface area contributed by atoms with Crippen LogP contribution >= 0.6 is 0 Å². The monoisotopic (exact) mass is 290 g/mol. The van der Waals surface area contributed by atoms with Gasteiger partial charge in [-0.2, -0.15) is 0 Å². The molecule has 0 fully saturated rings. The average Bonchev–Trinajstić information content (AvgIpc) is 2.44. The molecule has 2 amide bonds. The largest absolute Gasteiger partial charge is 0.480 e. The predicted molar refractivity (Wildman–Crippen MR) is 78.5 cm³/mol. The Morgan fingerprint density at radius 1 is 1.24 bits per heavy atom. The van der Waals surface area contributed by atoms with Gasteiger partial charge in [-0.3, -0.25) is 14.4 Å². The summed E-state index contributed by atoms with van der Waals surface area (Å²) in [6.45, 7) is 1.93. The molecule has 1 aromatic rings. The number of nitrogens with zero attached hydrogens (tertiary/aromatic N) is 1. The number of primary amides is 1. The SMILES string of the molecule is CCCN(CC(=O)O)C(=O)/C=C/c1ccc(C(N)=O)cc1. The van der Waals surface area contributed by atoms with Crippen LogP contribution < -0.4 is 5.73 Å². The fraction of sp³-hybridized carbons (Fsp3) is 0.267. The van der Waals surface area contributed by atoms with Crippen molar-refractivity contribution in [3.8, 4) is 0 Å². The molecule has 0 saturated carbocycles. The highest BCUT2D eigenvalue weighted by atomic mass is 16.4. The van der Waals surface area contributed by atoms with Crippen LogP contribution in [0, 0.1) is 0 Å². The Bertz CT molecular complexity index is 549. The Labute approximate surface area is 122 Å². The maximum absolute atomic E-state index is 11.9. The molecule has 0 spiro atoms. The van der Waals surface area contributed by atoms with Gasteiger partial charge in [0.1, 0.15) is 6.54 Å². The van der Waals surface area contributed by atoms with Crippen molar-refractivity contribution in [1.82, 2.24) is 4.90 Å². The molecule has 3 N–H and O–H groups in total. The number of nitrogens with two attached hydrogens (primary N) is 1. The molecule has 0 atom stereocenters. The minimum atomic E-state index is -1.05. The molecule has 0 bridgehead atoms. The first-order valence-electron chi connectivity index (χ1n) is 6.52. The van der Waals surface area contributed by atoms with E-state index in [1.54, 1.807) is 30.3 Å². The van der Waals surface area contributed by atoms with Crippen LogP contribution in [0.4, 0.5) is 0 Å². The normalized spacial score (nSPS) is 10.5. The third-order valence-corrected chi connectivity index (χ3v) is 2.74.